The van der Waals surface area contributed by atoms with Gasteiger partial charge in [0.2, 0.25) is 0 Å². The molecule has 1 N–H and O–H groups in total. The van der Waals surface area contributed by atoms with Crippen LogP contribution in [0.1, 0.15) is 122 Å². The number of aryl methyl sites for hydroxylation is 1. The third-order valence-corrected chi connectivity index (χ3v) is 15.3. The van der Waals surface area contributed by atoms with Gasteiger partial charge in [0.25, 0.3) is 5.91 Å². The summed E-state index contributed by atoms with van der Waals surface area (Å²) in [6.45, 7) is 7.35. The predicted octanol–water partition coefficient (Wildman–Crippen LogP) is 7.63. The molecule has 8 aromatic rings. The van der Waals surface area contributed by atoms with Crippen molar-refractivity contribution in [2.75, 3.05) is 13.2 Å². The third-order valence-electron chi connectivity index (χ3n) is 15.3. The number of amides is 1. The second-order valence-corrected chi connectivity index (χ2v) is 19.8. The van der Waals surface area contributed by atoms with E-state index in [1.807, 2.05) is 15.5 Å². The van der Waals surface area contributed by atoms with Crippen LogP contribution in [-0.4, -0.2) is 73.0 Å². The normalized spacial score (nSPS) is 24.2. The van der Waals surface area contributed by atoms with Crippen LogP contribution in [0.15, 0.2) is 87.3 Å². The van der Waals surface area contributed by atoms with Gasteiger partial charge in [-0.2, -0.15) is 10.2 Å². The Bertz CT molecular complexity index is 3490. The van der Waals surface area contributed by atoms with Gasteiger partial charge in [-0.3, -0.25) is 28.1 Å². The summed E-state index contributed by atoms with van der Waals surface area (Å²) in [4.78, 5) is 47.5. The number of carbonyl (C=O) groups is 1. The molecule has 3 aromatic carbocycles. The number of nitrogens with zero attached hydrogens (tertiary/aromatic N) is 9. The van der Waals surface area contributed by atoms with E-state index in [1.165, 1.54) is 33.2 Å². The fourth-order valence-corrected chi connectivity index (χ4v) is 11.8. The summed E-state index contributed by atoms with van der Waals surface area (Å²) in [5, 5.41) is 14.8. The van der Waals surface area contributed by atoms with E-state index in [0.717, 1.165) is 42.3 Å². The van der Waals surface area contributed by atoms with Crippen LogP contribution in [-0.2, 0) is 17.3 Å². The number of rotatable bonds is 8. The van der Waals surface area contributed by atoms with Gasteiger partial charge in [-0.05, 0) is 130 Å². The lowest BCUT2D eigenvalue weighted by atomic mass is 9.83. The summed E-state index contributed by atoms with van der Waals surface area (Å²) >= 11 is 0. The first-order valence-corrected chi connectivity index (χ1v) is 22.8. The third kappa shape index (κ3) is 5.61. The molecule has 5 aromatic heterocycles. The SMILES string of the molecule is C[C@H]1C[C@]1(c1noc(=O)[nH]1)n1c(C(=O)N2CC3CC2c2c3nn(-c3ccc(F)c(C4CC4)c3)c2-n2ccn(-c3ccc4c(cnn4C)c3F)c2=O)cc2cc([C@H]3CCOC(C)(C)C3)ccc21. The topological polar surface area (TPSA) is 156 Å². The van der Waals surface area contributed by atoms with Crippen molar-refractivity contribution < 1.29 is 22.8 Å². The Kier molecular flexibility index (Phi) is 8.13. The van der Waals surface area contributed by atoms with Crippen molar-refractivity contribution in [2.24, 2.45) is 13.0 Å². The second-order valence-electron chi connectivity index (χ2n) is 19.8. The van der Waals surface area contributed by atoms with Gasteiger partial charge >= 0.3 is 11.4 Å². The van der Waals surface area contributed by atoms with E-state index in [0.29, 0.717) is 65.7 Å². The zero-order chi connectivity index (χ0) is 45.1. The molecule has 336 valence electrons. The van der Waals surface area contributed by atoms with E-state index in [-0.39, 0.29) is 52.1 Å². The number of aromatic amines is 1. The highest BCUT2D eigenvalue weighted by molar-refractivity contribution is 6.00. The monoisotopic (exact) mass is 892 g/mol. The quantitative estimate of drug-likeness (QED) is 0.163. The van der Waals surface area contributed by atoms with Crippen LogP contribution in [0.2, 0.25) is 0 Å². The Morgan fingerprint density at radius 2 is 1.73 bits per heavy atom. The number of aromatic nitrogens is 9. The van der Waals surface area contributed by atoms with Gasteiger partial charge in [0.05, 0.1) is 45.8 Å². The van der Waals surface area contributed by atoms with Crippen molar-refractivity contribution in [3.63, 3.8) is 0 Å². The second kappa shape index (κ2) is 13.6. The minimum atomic E-state index is -0.840. The van der Waals surface area contributed by atoms with Crippen molar-refractivity contribution in [3.05, 3.63) is 140 Å². The lowest BCUT2D eigenvalue weighted by Crippen LogP contribution is -2.37. The Morgan fingerprint density at radius 1 is 0.924 bits per heavy atom. The van der Waals surface area contributed by atoms with Crippen molar-refractivity contribution in [1.82, 2.24) is 48.3 Å². The first-order chi connectivity index (χ1) is 31.8. The van der Waals surface area contributed by atoms with Crippen molar-refractivity contribution in [3.8, 4) is 17.2 Å². The number of carbonyl (C=O) groups excluding carboxylic acids is 1. The molecule has 5 aliphatic rings. The Labute approximate surface area is 375 Å². The van der Waals surface area contributed by atoms with Crippen LogP contribution in [0.25, 0.3) is 39.0 Å². The highest BCUT2D eigenvalue weighted by Gasteiger charge is 2.60. The molecule has 2 aliphatic heterocycles. The minimum Gasteiger partial charge on any atom is -0.376 e. The molecular weight excluding hydrogens is 847 g/mol. The fraction of sp³-hybridized carbons (Fsp3) is 0.388. The zero-order valence-electron chi connectivity index (χ0n) is 36.8. The number of H-pyrrole nitrogens is 1. The average Bonchev–Trinajstić information content (AvgIpc) is 3.68. The van der Waals surface area contributed by atoms with Crippen LogP contribution >= 0.6 is 0 Å². The van der Waals surface area contributed by atoms with Gasteiger partial charge in [-0.25, -0.2) is 23.1 Å². The molecule has 1 amide bonds. The molecule has 2 bridgehead atoms. The smallest absolute Gasteiger partial charge is 0.376 e. The lowest BCUT2D eigenvalue weighted by molar-refractivity contribution is -0.0592. The molecule has 0 spiro atoms. The van der Waals surface area contributed by atoms with Gasteiger partial charge < -0.3 is 14.2 Å². The molecule has 66 heavy (non-hydrogen) atoms. The van der Waals surface area contributed by atoms with E-state index >= 15 is 13.6 Å². The van der Waals surface area contributed by atoms with E-state index in [4.69, 9.17) is 14.4 Å². The molecule has 15 nitrogen and oxygen atoms in total. The van der Waals surface area contributed by atoms with Crippen LogP contribution in [0, 0.1) is 17.6 Å². The molecule has 3 aliphatic carbocycles. The fourth-order valence-electron chi connectivity index (χ4n) is 11.8. The summed E-state index contributed by atoms with van der Waals surface area (Å²) < 4.78 is 50.6. The highest BCUT2D eigenvalue weighted by atomic mass is 19.1. The van der Waals surface area contributed by atoms with Gasteiger partial charge in [0, 0.05) is 55.0 Å². The molecule has 5 atom stereocenters. The maximum absolute atomic E-state index is 16.2. The molecule has 2 saturated heterocycles. The number of hydrogen-bond donors (Lipinski definition) is 1. The summed E-state index contributed by atoms with van der Waals surface area (Å²) in [6, 6.07) is 16.1. The standard InChI is InChI=1S/C49H46F2N10O5/c1-25-21-49(25,45-53-46(63)66-55-45)60-35-10-7-27(28-13-16-65-48(2,3)22-28)17-29(35)18-39(60)44(62)59-24-30-19-38(59)40-42(30)54-61(31-8-9-34(50)32(20-31)26-5-6-26)43(40)58-15-14-57(47(58)64)37-12-11-36-33(41(37)51)23-52-56(36)4/h7-12,14-15,17-18,20,23,25-26,28,30,38H,5-6,13,16,19,21-22,24H2,1-4H3,(H,53,55,63)/t25-,28-,30?,38?,49-/m0/s1. The Balaban J connectivity index is 0.957. The van der Waals surface area contributed by atoms with Crippen LogP contribution in [0.4, 0.5) is 8.78 Å². The van der Waals surface area contributed by atoms with Crippen LogP contribution < -0.4 is 11.4 Å². The summed E-state index contributed by atoms with van der Waals surface area (Å²) in [5.74, 6) is -0.750. The van der Waals surface area contributed by atoms with Crippen LogP contribution in [0.3, 0.4) is 0 Å². The van der Waals surface area contributed by atoms with Crippen molar-refractivity contribution in [1.29, 1.82) is 0 Å². The number of nitrogens with one attached hydrogen (secondary N) is 1. The molecule has 17 heteroatoms. The number of likely N-dealkylation sites (tertiary alicyclic amines) is 1. The molecule has 13 rings (SSSR count). The number of imidazole rings is 1. The summed E-state index contributed by atoms with van der Waals surface area (Å²) in [7, 11) is 1.73. The van der Waals surface area contributed by atoms with Gasteiger partial charge in [0.15, 0.2) is 11.6 Å². The molecule has 2 unspecified atom stereocenters. The van der Waals surface area contributed by atoms with Gasteiger partial charge in [0.1, 0.15) is 22.9 Å². The van der Waals surface area contributed by atoms with Gasteiger partial charge in [-0.1, -0.05) is 18.1 Å². The number of benzene rings is 3. The number of hydrogen-bond acceptors (Lipinski definition) is 8. The molecule has 0 radical (unpaired) electrons. The lowest BCUT2D eigenvalue weighted by Gasteiger charge is -2.35. The largest absolute Gasteiger partial charge is 0.438 e. The van der Waals surface area contributed by atoms with E-state index < -0.39 is 28.8 Å². The van der Waals surface area contributed by atoms with Crippen molar-refractivity contribution in [2.45, 2.75) is 94.2 Å². The van der Waals surface area contributed by atoms with E-state index in [2.05, 4.69) is 54.2 Å². The average molecular weight is 893 g/mol. The van der Waals surface area contributed by atoms with E-state index in [9.17, 15) is 9.59 Å². The maximum atomic E-state index is 16.2. The number of ether oxygens (including phenoxy) is 1. The number of halogens is 2. The number of fused-ring (bicyclic) bond motifs is 7. The maximum Gasteiger partial charge on any atom is 0.438 e. The first-order valence-electron chi connectivity index (χ1n) is 22.8. The Hall–Kier alpha value is -6.88. The molecule has 2 saturated carbocycles. The first kappa shape index (κ1) is 39.5. The Morgan fingerprint density at radius 3 is 2.48 bits per heavy atom. The van der Waals surface area contributed by atoms with Crippen molar-refractivity contribution >= 4 is 27.7 Å². The summed E-state index contributed by atoms with van der Waals surface area (Å²) in [5.41, 5.74) is 4.12. The summed E-state index contributed by atoms with van der Waals surface area (Å²) in [6.07, 6.45) is 9.29. The minimum absolute atomic E-state index is 0.0127. The van der Waals surface area contributed by atoms with Crippen LogP contribution in [0.5, 0.6) is 0 Å². The molecule has 4 fully saturated rings. The van der Waals surface area contributed by atoms with E-state index in [1.54, 1.807) is 46.9 Å². The predicted molar refractivity (Wildman–Crippen MR) is 238 cm³/mol. The molecular formula is C49H46F2N10O5. The zero-order valence-corrected chi connectivity index (χ0v) is 36.8. The molecule has 7 heterocycles. The highest BCUT2D eigenvalue weighted by Crippen LogP contribution is 2.57. The van der Waals surface area contributed by atoms with Gasteiger partial charge in [-0.15, -0.1) is 0 Å².